The number of benzene rings is 1. The van der Waals surface area contributed by atoms with Crippen LogP contribution in [0, 0.1) is 0 Å². The quantitative estimate of drug-likeness (QED) is 0.887. The topological polar surface area (TPSA) is 52.7 Å². The maximum atomic E-state index is 13.3. The molecule has 3 heterocycles. The minimum Gasteiger partial charge on any atom is -0.372 e. The molecule has 0 aromatic heterocycles. The summed E-state index contributed by atoms with van der Waals surface area (Å²) in [5.74, 6) is 0.222. The highest BCUT2D eigenvalue weighted by Gasteiger charge is 2.45. The second-order valence-electron chi connectivity index (χ2n) is 8.22. The largest absolute Gasteiger partial charge is 0.372 e. The Labute approximate surface area is 155 Å². The van der Waals surface area contributed by atoms with Gasteiger partial charge in [0.2, 0.25) is 5.91 Å². The van der Waals surface area contributed by atoms with Gasteiger partial charge in [-0.1, -0.05) is 0 Å². The van der Waals surface area contributed by atoms with E-state index in [2.05, 4.69) is 29.3 Å². The van der Waals surface area contributed by atoms with Crippen molar-refractivity contribution < 1.29 is 9.59 Å². The third-order valence-electron chi connectivity index (χ3n) is 6.37. The van der Waals surface area contributed by atoms with Crippen LogP contribution in [0.25, 0.3) is 0 Å². The first-order valence-corrected chi connectivity index (χ1v) is 10.0. The maximum absolute atomic E-state index is 13.3. The van der Waals surface area contributed by atoms with Crippen molar-refractivity contribution in [2.24, 2.45) is 0 Å². The molecule has 1 aromatic rings. The van der Waals surface area contributed by atoms with Crippen LogP contribution in [0.15, 0.2) is 24.3 Å². The molecule has 0 spiro atoms. The van der Waals surface area contributed by atoms with E-state index in [-0.39, 0.29) is 23.4 Å². The van der Waals surface area contributed by atoms with E-state index in [4.69, 9.17) is 0 Å². The molecule has 26 heavy (non-hydrogen) atoms. The van der Waals surface area contributed by atoms with Crippen molar-refractivity contribution in [2.45, 2.75) is 63.5 Å². The summed E-state index contributed by atoms with van der Waals surface area (Å²) < 4.78 is 0. The van der Waals surface area contributed by atoms with Crippen molar-refractivity contribution >= 4 is 17.5 Å². The van der Waals surface area contributed by atoms with Gasteiger partial charge in [0, 0.05) is 37.3 Å². The summed E-state index contributed by atoms with van der Waals surface area (Å²) in [4.78, 5) is 29.6. The summed E-state index contributed by atoms with van der Waals surface area (Å²) in [7, 11) is 0. The molecule has 4 rings (SSSR count). The molecule has 0 aliphatic carbocycles. The number of hydrogen-bond donors (Lipinski definition) is 1. The minimum absolute atomic E-state index is 0.0912. The summed E-state index contributed by atoms with van der Waals surface area (Å²) in [5.41, 5.74) is 1.68. The number of fused-ring (bicyclic) bond motifs is 1. The Kier molecular flexibility index (Phi) is 4.63. The summed E-state index contributed by atoms with van der Waals surface area (Å²) in [6.45, 7) is 5.11. The van der Waals surface area contributed by atoms with E-state index < -0.39 is 0 Å². The molecular formula is C21H29N3O2. The molecule has 3 saturated heterocycles. The summed E-state index contributed by atoms with van der Waals surface area (Å²) in [5, 5.41) is 3.18. The van der Waals surface area contributed by atoms with Crippen LogP contribution >= 0.6 is 0 Å². The standard InChI is InChI=1S/C21H29N3O2/c1-21-12-2-3-15-24(18(21)10-11-19(25)22-21)20(26)16-6-8-17(9-7-16)23-13-4-5-14-23/h6-9,18H,2-5,10-15H2,1H3,(H,22,25)/t18-,21-/m0/s1. The fourth-order valence-electron chi connectivity index (χ4n) is 4.91. The van der Waals surface area contributed by atoms with Gasteiger partial charge < -0.3 is 15.1 Å². The molecule has 2 amide bonds. The number of nitrogens with zero attached hydrogens (tertiary/aromatic N) is 2. The molecule has 3 fully saturated rings. The number of carbonyl (C=O) groups excluding carboxylic acids is 2. The Hall–Kier alpha value is -2.04. The van der Waals surface area contributed by atoms with Crippen LogP contribution in [0.5, 0.6) is 0 Å². The molecule has 0 radical (unpaired) electrons. The summed E-state index contributed by atoms with van der Waals surface area (Å²) >= 11 is 0. The molecule has 0 unspecified atom stereocenters. The molecule has 140 valence electrons. The first kappa shape index (κ1) is 17.4. The van der Waals surface area contributed by atoms with Crippen LogP contribution < -0.4 is 10.2 Å². The molecule has 5 heteroatoms. The van der Waals surface area contributed by atoms with Gasteiger partial charge in [-0.25, -0.2) is 0 Å². The lowest BCUT2D eigenvalue weighted by Gasteiger charge is -2.46. The highest BCUT2D eigenvalue weighted by molar-refractivity contribution is 5.95. The van der Waals surface area contributed by atoms with E-state index in [1.165, 1.54) is 18.5 Å². The Morgan fingerprint density at radius 3 is 2.50 bits per heavy atom. The average Bonchev–Trinajstić information content (AvgIpc) is 3.11. The first-order chi connectivity index (χ1) is 12.6. The van der Waals surface area contributed by atoms with Gasteiger partial charge in [-0.2, -0.15) is 0 Å². The Morgan fingerprint density at radius 1 is 1.08 bits per heavy atom. The molecule has 0 bridgehead atoms. The van der Waals surface area contributed by atoms with Crippen LogP contribution in [0.2, 0.25) is 0 Å². The van der Waals surface area contributed by atoms with Crippen LogP contribution in [-0.2, 0) is 4.79 Å². The number of carbonyl (C=O) groups is 2. The van der Waals surface area contributed by atoms with Gasteiger partial charge in [0.25, 0.3) is 5.91 Å². The van der Waals surface area contributed by atoms with Gasteiger partial charge in [0.05, 0.1) is 11.6 Å². The fraction of sp³-hybridized carbons (Fsp3) is 0.619. The van der Waals surface area contributed by atoms with Gasteiger partial charge in [-0.15, -0.1) is 0 Å². The monoisotopic (exact) mass is 355 g/mol. The van der Waals surface area contributed by atoms with Crippen molar-refractivity contribution in [3.8, 4) is 0 Å². The predicted octanol–water partition coefficient (Wildman–Crippen LogP) is 2.95. The zero-order chi connectivity index (χ0) is 18.1. The number of anilines is 1. The van der Waals surface area contributed by atoms with Crippen molar-refractivity contribution in [2.75, 3.05) is 24.5 Å². The van der Waals surface area contributed by atoms with Crippen molar-refractivity contribution in [1.29, 1.82) is 0 Å². The zero-order valence-electron chi connectivity index (χ0n) is 15.7. The molecule has 2 atom stereocenters. The number of likely N-dealkylation sites (tertiary alicyclic amines) is 1. The summed E-state index contributed by atoms with van der Waals surface area (Å²) in [6, 6.07) is 8.20. The predicted molar refractivity (Wildman–Crippen MR) is 102 cm³/mol. The fourth-order valence-corrected chi connectivity index (χ4v) is 4.91. The van der Waals surface area contributed by atoms with Gasteiger partial charge in [0.15, 0.2) is 0 Å². The Balaban J connectivity index is 1.55. The molecule has 3 aliphatic rings. The van der Waals surface area contributed by atoms with E-state index in [0.717, 1.165) is 50.9 Å². The second-order valence-corrected chi connectivity index (χ2v) is 8.22. The smallest absolute Gasteiger partial charge is 0.254 e. The maximum Gasteiger partial charge on any atom is 0.254 e. The number of nitrogens with one attached hydrogen (secondary N) is 1. The Morgan fingerprint density at radius 2 is 1.77 bits per heavy atom. The van der Waals surface area contributed by atoms with Crippen molar-refractivity contribution in [3.63, 3.8) is 0 Å². The SMILES string of the molecule is C[C@]12CCCCN(C(=O)c3ccc(N4CCCC4)cc3)[C@H]1CCC(=O)N2. The van der Waals surface area contributed by atoms with Gasteiger partial charge in [-0.05, 0) is 69.7 Å². The van der Waals surface area contributed by atoms with E-state index in [1.54, 1.807) is 0 Å². The normalized spacial score (nSPS) is 29.1. The zero-order valence-corrected chi connectivity index (χ0v) is 15.7. The number of piperidine rings is 1. The second kappa shape index (κ2) is 6.93. The van der Waals surface area contributed by atoms with E-state index in [1.807, 2.05) is 17.0 Å². The van der Waals surface area contributed by atoms with Crippen molar-refractivity contribution in [3.05, 3.63) is 29.8 Å². The van der Waals surface area contributed by atoms with Crippen molar-refractivity contribution in [1.82, 2.24) is 10.2 Å². The number of rotatable bonds is 2. The average molecular weight is 355 g/mol. The third kappa shape index (κ3) is 3.19. The highest BCUT2D eigenvalue weighted by atomic mass is 16.2. The molecule has 5 nitrogen and oxygen atoms in total. The lowest BCUT2D eigenvalue weighted by molar-refractivity contribution is -0.126. The van der Waals surface area contributed by atoms with Crippen LogP contribution in [-0.4, -0.2) is 47.9 Å². The van der Waals surface area contributed by atoms with E-state index in [0.29, 0.717) is 6.42 Å². The molecule has 3 aliphatic heterocycles. The van der Waals surface area contributed by atoms with Crippen LogP contribution in [0.4, 0.5) is 5.69 Å². The van der Waals surface area contributed by atoms with Crippen LogP contribution in [0.1, 0.15) is 62.2 Å². The first-order valence-electron chi connectivity index (χ1n) is 10.0. The Bertz CT molecular complexity index is 681. The molecular weight excluding hydrogens is 326 g/mol. The van der Waals surface area contributed by atoms with Gasteiger partial charge in [-0.3, -0.25) is 9.59 Å². The van der Waals surface area contributed by atoms with Gasteiger partial charge >= 0.3 is 0 Å². The van der Waals surface area contributed by atoms with Crippen LogP contribution in [0.3, 0.4) is 0 Å². The lowest BCUT2D eigenvalue weighted by atomic mass is 9.81. The van der Waals surface area contributed by atoms with Gasteiger partial charge in [0.1, 0.15) is 0 Å². The number of hydrogen-bond acceptors (Lipinski definition) is 3. The molecule has 1 N–H and O–H groups in total. The molecule has 1 aromatic carbocycles. The third-order valence-corrected chi connectivity index (χ3v) is 6.37. The molecule has 0 saturated carbocycles. The summed E-state index contributed by atoms with van der Waals surface area (Å²) in [6.07, 6.45) is 6.77. The lowest BCUT2D eigenvalue weighted by Crippen LogP contribution is -2.63. The van der Waals surface area contributed by atoms with E-state index in [9.17, 15) is 9.59 Å². The van der Waals surface area contributed by atoms with E-state index >= 15 is 0 Å². The minimum atomic E-state index is -0.295. The highest BCUT2D eigenvalue weighted by Crippen LogP contribution is 2.34. The number of amides is 2.